The zero-order valence-corrected chi connectivity index (χ0v) is 18.2. The molecule has 32 heavy (non-hydrogen) atoms. The van der Waals surface area contributed by atoms with Crippen molar-refractivity contribution in [2.75, 3.05) is 17.9 Å². The summed E-state index contributed by atoms with van der Waals surface area (Å²) < 4.78 is 5.12. The van der Waals surface area contributed by atoms with Crippen molar-refractivity contribution in [2.45, 2.75) is 38.1 Å². The molecule has 0 bridgehead atoms. The van der Waals surface area contributed by atoms with E-state index >= 15 is 0 Å². The van der Waals surface area contributed by atoms with E-state index in [9.17, 15) is 10.0 Å². The SMILES string of the molecule is COc1cncc(-c2ccc(NC(=O)C(C)(C)c3cccc(NN(O)C4CC4)n3)cc2)n1. The highest BCUT2D eigenvalue weighted by atomic mass is 16.5. The number of nitrogens with one attached hydrogen (secondary N) is 2. The van der Waals surface area contributed by atoms with Crippen LogP contribution in [0, 0.1) is 0 Å². The summed E-state index contributed by atoms with van der Waals surface area (Å²) in [7, 11) is 1.54. The van der Waals surface area contributed by atoms with Crippen LogP contribution in [0.15, 0.2) is 54.9 Å². The summed E-state index contributed by atoms with van der Waals surface area (Å²) in [6, 6.07) is 12.8. The molecule has 0 aliphatic heterocycles. The number of carbonyl (C=O) groups excluding carboxylic acids is 1. The predicted octanol–water partition coefficient (Wildman–Crippen LogP) is 3.64. The van der Waals surface area contributed by atoms with E-state index in [1.54, 1.807) is 31.6 Å². The Morgan fingerprint density at radius 3 is 2.56 bits per heavy atom. The zero-order valence-electron chi connectivity index (χ0n) is 18.2. The molecule has 9 nitrogen and oxygen atoms in total. The molecule has 0 atom stereocenters. The minimum absolute atomic E-state index is 0.114. The molecule has 3 N–H and O–H groups in total. The van der Waals surface area contributed by atoms with Gasteiger partial charge in [-0.3, -0.25) is 20.4 Å². The van der Waals surface area contributed by atoms with Crippen LogP contribution in [-0.4, -0.2) is 44.4 Å². The van der Waals surface area contributed by atoms with Gasteiger partial charge in [-0.05, 0) is 51.0 Å². The molecule has 0 radical (unpaired) electrons. The van der Waals surface area contributed by atoms with Gasteiger partial charge in [0.2, 0.25) is 11.8 Å². The van der Waals surface area contributed by atoms with Crippen molar-refractivity contribution < 1.29 is 14.7 Å². The van der Waals surface area contributed by atoms with Gasteiger partial charge < -0.3 is 10.1 Å². The fourth-order valence-corrected chi connectivity index (χ4v) is 3.09. The van der Waals surface area contributed by atoms with E-state index in [1.807, 2.05) is 44.2 Å². The van der Waals surface area contributed by atoms with Crippen LogP contribution >= 0.6 is 0 Å². The molecule has 1 saturated carbocycles. The van der Waals surface area contributed by atoms with Gasteiger partial charge in [0.05, 0.1) is 42.3 Å². The van der Waals surface area contributed by atoms with E-state index < -0.39 is 5.41 Å². The van der Waals surface area contributed by atoms with Crippen molar-refractivity contribution in [3.63, 3.8) is 0 Å². The summed E-state index contributed by atoms with van der Waals surface area (Å²) in [5.41, 5.74) is 4.76. The first-order chi connectivity index (χ1) is 15.4. The molecule has 2 heterocycles. The molecule has 1 aliphatic rings. The topological polar surface area (TPSA) is 112 Å². The molecule has 1 aromatic carbocycles. The number of amides is 1. The van der Waals surface area contributed by atoms with Gasteiger partial charge in [-0.15, -0.1) is 5.17 Å². The predicted molar refractivity (Wildman–Crippen MR) is 120 cm³/mol. The summed E-state index contributed by atoms with van der Waals surface area (Å²) >= 11 is 0. The van der Waals surface area contributed by atoms with E-state index in [1.165, 1.54) is 0 Å². The molecule has 1 aliphatic carbocycles. The van der Waals surface area contributed by atoms with Crippen molar-refractivity contribution in [3.05, 3.63) is 60.6 Å². The van der Waals surface area contributed by atoms with E-state index in [4.69, 9.17) is 4.74 Å². The Hall–Kier alpha value is -3.56. The number of hydroxylamine groups is 1. The van der Waals surface area contributed by atoms with Crippen LogP contribution in [-0.2, 0) is 10.2 Å². The number of carbonyl (C=O) groups is 1. The summed E-state index contributed by atoms with van der Waals surface area (Å²) in [4.78, 5) is 26.1. The zero-order chi connectivity index (χ0) is 22.7. The minimum Gasteiger partial charge on any atom is -0.480 e. The monoisotopic (exact) mass is 434 g/mol. The fraction of sp³-hybridized carbons (Fsp3) is 0.304. The average molecular weight is 435 g/mol. The van der Waals surface area contributed by atoms with Crippen LogP contribution in [0.3, 0.4) is 0 Å². The van der Waals surface area contributed by atoms with Gasteiger partial charge in [0.25, 0.3) is 0 Å². The van der Waals surface area contributed by atoms with Gasteiger partial charge in [0.15, 0.2) is 0 Å². The van der Waals surface area contributed by atoms with Gasteiger partial charge in [0, 0.05) is 11.3 Å². The lowest BCUT2D eigenvalue weighted by molar-refractivity contribution is -0.120. The number of anilines is 2. The number of hydrazine groups is 1. The molecule has 9 heteroatoms. The van der Waals surface area contributed by atoms with E-state index in [-0.39, 0.29) is 11.9 Å². The Morgan fingerprint density at radius 2 is 1.88 bits per heavy atom. The molecule has 166 valence electrons. The lowest BCUT2D eigenvalue weighted by Crippen LogP contribution is -2.36. The highest BCUT2D eigenvalue weighted by Gasteiger charge is 2.32. The second-order valence-electron chi connectivity index (χ2n) is 8.20. The molecule has 2 aromatic heterocycles. The maximum absolute atomic E-state index is 13.1. The lowest BCUT2D eigenvalue weighted by atomic mass is 9.87. The van der Waals surface area contributed by atoms with Gasteiger partial charge in [0.1, 0.15) is 5.82 Å². The number of hydrogen-bond acceptors (Lipinski definition) is 8. The number of nitrogens with zero attached hydrogens (tertiary/aromatic N) is 4. The van der Waals surface area contributed by atoms with Crippen LogP contribution in [0.25, 0.3) is 11.3 Å². The first-order valence-electron chi connectivity index (χ1n) is 10.4. The summed E-state index contributed by atoms with van der Waals surface area (Å²) in [5, 5.41) is 14.0. The summed E-state index contributed by atoms with van der Waals surface area (Å²) in [6.45, 7) is 3.62. The number of rotatable bonds is 8. The normalized spacial score (nSPS) is 13.7. The van der Waals surface area contributed by atoms with Crippen LogP contribution in [0.5, 0.6) is 5.88 Å². The molecule has 3 aromatic rings. The maximum atomic E-state index is 13.1. The molecular weight excluding hydrogens is 408 g/mol. The molecular formula is C23H26N6O3. The number of pyridine rings is 1. The molecule has 0 spiro atoms. The Kier molecular flexibility index (Phi) is 6.02. The third-order valence-electron chi connectivity index (χ3n) is 5.34. The molecule has 1 fully saturated rings. The molecule has 1 amide bonds. The smallest absolute Gasteiger partial charge is 0.236 e. The largest absolute Gasteiger partial charge is 0.480 e. The first kappa shape index (κ1) is 21.7. The lowest BCUT2D eigenvalue weighted by Gasteiger charge is -2.24. The average Bonchev–Trinajstić information content (AvgIpc) is 3.65. The van der Waals surface area contributed by atoms with Gasteiger partial charge >= 0.3 is 0 Å². The second kappa shape index (κ2) is 8.89. The van der Waals surface area contributed by atoms with Gasteiger partial charge in [-0.25, -0.2) is 9.97 Å². The molecule has 0 unspecified atom stereocenters. The van der Waals surface area contributed by atoms with E-state index in [0.29, 0.717) is 28.8 Å². The number of aromatic nitrogens is 3. The Labute approximate surface area is 186 Å². The maximum Gasteiger partial charge on any atom is 0.236 e. The third-order valence-corrected chi connectivity index (χ3v) is 5.34. The molecule has 0 saturated heterocycles. The van der Waals surface area contributed by atoms with Crippen LogP contribution in [0.1, 0.15) is 32.4 Å². The first-order valence-corrected chi connectivity index (χ1v) is 10.4. The molecule has 4 rings (SSSR count). The van der Waals surface area contributed by atoms with E-state index in [2.05, 4.69) is 25.7 Å². The van der Waals surface area contributed by atoms with E-state index in [0.717, 1.165) is 23.6 Å². The third kappa shape index (κ3) is 4.84. The highest BCUT2D eigenvalue weighted by molar-refractivity contribution is 5.98. The number of ether oxygens (including phenoxy) is 1. The van der Waals surface area contributed by atoms with Crippen molar-refractivity contribution >= 4 is 17.4 Å². The Morgan fingerprint density at radius 1 is 1.12 bits per heavy atom. The van der Waals surface area contributed by atoms with Crippen molar-refractivity contribution in [3.8, 4) is 17.1 Å². The van der Waals surface area contributed by atoms with Crippen molar-refractivity contribution in [1.29, 1.82) is 0 Å². The number of methoxy groups -OCH3 is 1. The van der Waals surface area contributed by atoms with Gasteiger partial charge in [-0.1, -0.05) is 18.2 Å². The van der Waals surface area contributed by atoms with Crippen LogP contribution < -0.4 is 15.5 Å². The van der Waals surface area contributed by atoms with Gasteiger partial charge in [-0.2, -0.15) is 0 Å². The highest BCUT2D eigenvalue weighted by Crippen LogP contribution is 2.28. The Balaban J connectivity index is 1.45. The fourth-order valence-electron chi connectivity index (χ4n) is 3.09. The Bertz CT molecular complexity index is 1100. The minimum atomic E-state index is -0.894. The standard InChI is InChI=1S/C23H26N6O3/c1-23(2,19-5-4-6-20(27-19)28-29(31)17-11-12-17)22(30)25-16-9-7-15(8-10-16)18-13-24-14-21(26-18)32-3/h4-10,13-14,17,31H,11-12H2,1-3H3,(H,25,30)(H,27,28). The quantitative estimate of drug-likeness (QED) is 0.461. The summed E-state index contributed by atoms with van der Waals surface area (Å²) in [5.74, 6) is 0.730. The number of hydrogen-bond donors (Lipinski definition) is 3. The second-order valence-corrected chi connectivity index (χ2v) is 8.20. The van der Waals surface area contributed by atoms with Crippen molar-refractivity contribution in [1.82, 2.24) is 20.1 Å². The van der Waals surface area contributed by atoms with Crippen LogP contribution in [0.2, 0.25) is 0 Å². The van der Waals surface area contributed by atoms with Crippen molar-refractivity contribution in [2.24, 2.45) is 0 Å². The number of benzene rings is 1. The summed E-state index contributed by atoms with van der Waals surface area (Å²) in [6.07, 6.45) is 5.09. The van der Waals surface area contributed by atoms with Crippen LogP contribution in [0.4, 0.5) is 11.5 Å².